The molecule has 2 aliphatic heterocycles. The zero-order valence-electron chi connectivity index (χ0n) is 13.4. The van der Waals surface area contributed by atoms with Gasteiger partial charge in [0.05, 0.1) is 4.88 Å². The van der Waals surface area contributed by atoms with Crippen molar-refractivity contribution in [3.63, 3.8) is 0 Å². The lowest BCUT2D eigenvalue weighted by Crippen LogP contribution is -2.39. The van der Waals surface area contributed by atoms with Crippen LogP contribution in [0.1, 0.15) is 40.1 Å². The standard InChI is InChI=1S/C18H16ClN3O2S/c19-13-6-4-12(5-7-13)16(23)14-8-10-25-17(14)18(20-11-21-22-18)15-3-1-2-9-24-15/h4-8,10-11,15H,1-3,9H2. The van der Waals surface area contributed by atoms with Crippen LogP contribution in [-0.4, -0.2) is 24.8 Å². The molecule has 7 heteroatoms. The number of carbonyl (C=O) groups excluding carboxylic acids is 1. The summed E-state index contributed by atoms with van der Waals surface area (Å²) in [5.41, 5.74) is 0.244. The van der Waals surface area contributed by atoms with E-state index in [9.17, 15) is 4.79 Å². The normalized spacial score (nSPS) is 25.4. The van der Waals surface area contributed by atoms with Crippen molar-refractivity contribution < 1.29 is 9.53 Å². The van der Waals surface area contributed by atoms with Gasteiger partial charge in [-0.25, -0.2) is 4.99 Å². The highest BCUT2D eigenvalue weighted by molar-refractivity contribution is 7.10. The number of ether oxygens (including phenoxy) is 1. The second kappa shape index (κ2) is 6.78. The van der Waals surface area contributed by atoms with Crippen LogP contribution in [0.25, 0.3) is 0 Å². The Balaban J connectivity index is 1.74. The summed E-state index contributed by atoms with van der Waals surface area (Å²) in [6, 6.07) is 8.72. The van der Waals surface area contributed by atoms with Gasteiger partial charge in [-0.05, 0) is 55.0 Å². The lowest BCUT2D eigenvalue weighted by Gasteiger charge is -2.33. The van der Waals surface area contributed by atoms with Crippen molar-refractivity contribution in [2.75, 3.05) is 6.61 Å². The number of ketones is 1. The molecule has 0 saturated carbocycles. The van der Waals surface area contributed by atoms with Crippen LogP contribution in [-0.2, 0) is 10.4 Å². The van der Waals surface area contributed by atoms with Gasteiger partial charge in [0.2, 0.25) is 5.66 Å². The van der Waals surface area contributed by atoms with E-state index in [1.165, 1.54) is 17.7 Å². The summed E-state index contributed by atoms with van der Waals surface area (Å²) < 4.78 is 5.96. The first-order chi connectivity index (χ1) is 12.2. The quantitative estimate of drug-likeness (QED) is 0.719. The number of benzene rings is 1. The molecule has 1 saturated heterocycles. The minimum atomic E-state index is -0.938. The third kappa shape index (κ3) is 2.94. The van der Waals surface area contributed by atoms with Crippen LogP contribution < -0.4 is 0 Å². The van der Waals surface area contributed by atoms with Gasteiger partial charge in [0.25, 0.3) is 0 Å². The summed E-state index contributed by atoms with van der Waals surface area (Å²) >= 11 is 7.40. The molecule has 1 fully saturated rings. The topological polar surface area (TPSA) is 63.4 Å². The van der Waals surface area contributed by atoms with E-state index in [-0.39, 0.29) is 11.9 Å². The summed E-state index contributed by atoms with van der Waals surface area (Å²) in [5.74, 6) is -0.0691. The Labute approximate surface area is 154 Å². The van der Waals surface area contributed by atoms with Gasteiger partial charge in [-0.3, -0.25) is 4.79 Å². The Morgan fingerprint density at radius 3 is 2.76 bits per heavy atom. The number of nitrogens with zero attached hydrogens (tertiary/aromatic N) is 3. The van der Waals surface area contributed by atoms with Crippen LogP contribution in [0.3, 0.4) is 0 Å². The van der Waals surface area contributed by atoms with Crippen LogP contribution >= 0.6 is 22.9 Å². The smallest absolute Gasteiger partial charge is 0.233 e. The monoisotopic (exact) mass is 373 g/mol. The highest BCUT2D eigenvalue weighted by Gasteiger charge is 2.47. The molecule has 2 aliphatic rings. The molecule has 5 nitrogen and oxygen atoms in total. The third-order valence-electron chi connectivity index (χ3n) is 4.50. The van der Waals surface area contributed by atoms with Gasteiger partial charge < -0.3 is 4.74 Å². The number of aliphatic imine (C=N–C) groups is 1. The number of hydrogen-bond acceptors (Lipinski definition) is 6. The summed E-state index contributed by atoms with van der Waals surface area (Å²) in [5, 5.41) is 10.9. The molecule has 3 heterocycles. The molecule has 1 aromatic carbocycles. The molecule has 128 valence electrons. The molecule has 2 unspecified atom stereocenters. The zero-order valence-corrected chi connectivity index (χ0v) is 15.0. The van der Waals surface area contributed by atoms with Gasteiger partial charge in [0.15, 0.2) is 5.78 Å². The highest BCUT2D eigenvalue weighted by Crippen LogP contribution is 2.44. The lowest BCUT2D eigenvalue weighted by atomic mass is 9.91. The molecule has 2 atom stereocenters. The first-order valence-corrected chi connectivity index (χ1v) is 9.42. The summed E-state index contributed by atoms with van der Waals surface area (Å²) in [4.78, 5) is 18.3. The molecular formula is C18H16ClN3O2S. The fraction of sp³-hybridized carbons (Fsp3) is 0.333. The molecule has 4 rings (SSSR count). The Kier molecular flexibility index (Phi) is 4.50. The molecule has 0 bridgehead atoms. The number of halogens is 1. The van der Waals surface area contributed by atoms with Crippen molar-refractivity contribution in [1.29, 1.82) is 0 Å². The lowest BCUT2D eigenvalue weighted by molar-refractivity contribution is -0.0307. The van der Waals surface area contributed by atoms with Crippen LogP contribution in [0.5, 0.6) is 0 Å². The van der Waals surface area contributed by atoms with Gasteiger partial charge in [-0.2, -0.15) is 0 Å². The molecule has 0 spiro atoms. The molecule has 0 amide bonds. The van der Waals surface area contributed by atoms with Crippen molar-refractivity contribution in [3.8, 4) is 0 Å². The summed E-state index contributed by atoms with van der Waals surface area (Å²) in [7, 11) is 0. The van der Waals surface area contributed by atoms with E-state index in [4.69, 9.17) is 16.3 Å². The van der Waals surface area contributed by atoms with Crippen LogP contribution in [0.15, 0.2) is 50.9 Å². The first-order valence-electron chi connectivity index (χ1n) is 8.16. The highest BCUT2D eigenvalue weighted by atomic mass is 35.5. The molecule has 0 aliphatic carbocycles. The number of azo groups is 1. The molecule has 0 N–H and O–H groups in total. The van der Waals surface area contributed by atoms with E-state index in [1.54, 1.807) is 24.3 Å². The molecule has 1 aromatic heterocycles. The maximum Gasteiger partial charge on any atom is 0.233 e. The van der Waals surface area contributed by atoms with Crippen molar-refractivity contribution in [1.82, 2.24) is 0 Å². The second-order valence-corrected chi connectivity index (χ2v) is 7.39. The predicted octanol–water partition coefficient (Wildman–Crippen LogP) is 4.85. The van der Waals surface area contributed by atoms with Crippen molar-refractivity contribution in [3.05, 3.63) is 56.7 Å². The van der Waals surface area contributed by atoms with Crippen molar-refractivity contribution in [2.45, 2.75) is 31.0 Å². The largest absolute Gasteiger partial charge is 0.373 e. The van der Waals surface area contributed by atoms with E-state index in [1.807, 2.05) is 11.4 Å². The molecule has 0 radical (unpaired) electrons. The zero-order chi connectivity index (χ0) is 17.3. The SMILES string of the molecule is O=C(c1ccc(Cl)cc1)c1ccsc1C1(C2CCCCO2)N=CN=N1. The average Bonchev–Trinajstić information content (AvgIpc) is 3.32. The number of hydrogen-bond donors (Lipinski definition) is 0. The molecular weight excluding hydrogens is 358 g/mol. The van der Waals surface area contributed by atoms with E-state index in [0.29, 0.717) is 22.8 Å². The van der Waals surface area contributed by atoms with Gasteiger partial charge >= 0.3 is 0 Å². The van der Waals surface area contributed by atoms with Gasteiger partial charge in [-0.1, -0.05) is 11.6 Å². The van der Waals surface area contributed by atoms with Gasteiger partial charge in [0, 0.05) is 22.8 Å². The Morgan fingerprint density at radius 2 is 2.08 bits per heavy atom. The fourth-order valence-corrected chi connectivity index (χ4v) is 4.39. The fourth-order valence-electron chi connectivity index (χ4n) is 3.24. The minimum absolute atomic E-state index is 0.0691. The average molecular weight is 374 g/mol. The summed E-state index contributed by atoms with van der Waals surface area (Å²) in [6.07, 6.45) is 4.20. The van der Waals surface area contributed by atoms with Crippen molar-refractivity contribution in [2.24, 2.45) is 15.2 Å². The maximum atomic E-state index is 13.0. The molecule has 2 aromatic rings. The van der Waals surface area contributed by atoms with E-state index >= 15 is 0 Å². The van der Waals surface area contributed by atoms with Crippen LogP contribution in [0, 0.1) is 0 Å². The van der Waals surface area contributed by atoms with Crippen LogP contribution in [0.4, 0.5) is 0 Å². The van der Waals surface area contributed by atoms with E-state index in [2.05, 4.69) is 15.2 Å². The third-order valence-corrected chi connectivity index (χ3v) is 5.78. The Morgan fingerprint density at radius 1 is 1.24 bits per heavy atom. The van der Waals surface area contributed by atoms with E-state index in [0.717, 1.165) is 24.1 Å². The summed E-state index contributed by atoms with van der Waals surface area (Å²) in [6.45, 7) is 0.684. The van der Waals surface area contributed by atoms with E-state index < -0.39 is 5.66 Å². The number of carbonyl (C=O) groups is 1. The van der Waals surface area contributed by atoms with Crippen molar-refractivity contribution >= 4 is 35.1 Å². The van der Waals surface area contributed by atoms with Crippen LogP contribution in [0.2, 0.25) is 5.02 Å². The molecule has 25 heavy (non-hydrogen) atoms. The van der Waals surface area contributed by atoms with Gasteiger partial charge in [0.1, 0.15) is 12.4 Å². The second-order valence-electron chi connectivity index (χ2n) is 6.04. The maximum absolute atomic E-state index is 13.0. The predicted molar refractivity (Wildman–Crippen MR) is 97.8 cm³/mol. The minimum Gasteiger partial charge on any atom is -0.373 e. The Hall–Kier alpha value is -1.89. The van der Waals surface area contributed by atoms with Gasteiger partial charge in [-0.15, -0.1) is 21.6 Å². The Bertz CT molecular complexity index is 826. The first kappa shape index (κ1) is 16.6. The number of thiophene rings is 1. The number of rotatable bonds is 4.